The van der Waals surface area contributed by atoms with Crippen LogP contribution in [0.15, 0.2) is 41.2 Å². The van der Waals surface area contributed by atoms with Crippen LogP contribution in [0.3, 0.4) is 0 Å². The Kier molecular flexibility index (Phi) is 7.52. The zero-order chi connectivity index (χ0) is 26.9. The number of aryl methyl sites for hydroxylation is 1. The quantitative estimate of drug-likeness (QED) is 0.537. The van der Waals surface area contributed by atoms with Crippen LogP contribution >= 0.6 is 0 Å². The number of fused-ring (bicyclic) bond motifs is 1. The first-order valence-electron chi connectivity index (χ1n) is 12.3. The highest BCUT2D eigenvalue weighted by atomic mass is 19.4. The molecule has 11 heteroatoms. The number of nitriles is 1. The summed E-state index contributed by atoms with van der Waals surface area (Å²) in [5.74, 6) is 0.443. The molecule has 0 spiro atoms. The van der Waals surface area contributed by atoms with Gasteiger partial charge in [-0.05, 0) is 42.7 Å². The Balaban J connectivity index is 1.73. The number of nitrogens with zero attached hydrogens (tertiary/aromatic N) is 6. The number of anilines is 1. The number of hydrogen-bond acceptors (Lipinski definition) is 7. The molecule has 1 fully saturated rings. The molecule has 37 heavy (non-hydrogen) atoms. The SMILES string of the molecule is CCC1CN(C(CN)c2ccc(C(F)(F)F)cc2)[C@H](CC)CN1c1nc(=O)n(C)c2ccc(C#N)nc12. The minimum absolute atomic E-state index is 0.00120. The Bertz CT molecular complexity index is 1360. The van der Waals surface area contributed by atoms with E-state index in [1.807, 2.05) is 13.8 Å². The molecule has 8 nitrogen and oxygen atoms in total. The average Bonchev–Trinajstić information content (AvgIpc) is 2.90. The lowest BCUT2D eigenvalue weighted by Gasteiger charge is -2.49. The summed E-state index contributed by atoms with van der Waals surface area (Å²) in [4.78, 5) is 25.9. The van der Waals surface area contributed by atoms with E-state index in [4.69, 9.17) is 5.73 Å². The highest BCUT2D eigenvalue weighted by Crippen LogP contribution is 2.35. The summed E-state index contributed by atoms with van der Waals surface area (Å²) in [6, 6.07) is 10.2. The van der Waals surface area contributed by atoms with E-state index in [1.165, 1.54) is 16.7 Å². The van der Waals surface area contributed by atoms with Crippen LogP contribution in [0.25, 0.3) is 11.0 Å². The molecule has 1 aliphatic heterocycles. The molecule has 2 N–H and O–H groups in total. The highest BCUT2D eigenvalue weighted by Gasteiger charge is 2.38. The van der Waals surface area contributed by atoms with Crippen molar-refractivity contribution in [2.24, 2.45) is 12.8 Å². The number of halogens is 3. The summed E-state index contributed by atoms with van der Waals surface area (Å²) in [7, 11) is 1.62. The van der Waals surface area contributed by atoms with Crippen LogP contribution in [0.5, 0.6) is 0 Å². The predicted octanol–water partition coefficient (Wildman–Crippen LogP) is 3.60. The summed E-state index contributed by atoms with van der Waals surface area (Å²) in [5.41, 5.74) is 7.11. The van der Waals surface area contributed by atoms with Crippen LogP contribution in [0.4, 0.5) is 19.0 Å². The second-order valence-electron chi connectivity index (χ2n) is 9.30. The molecule has 3 atom stereocenters. The number of aromatic nitrogens is 3. The third kappa shape index (κ3) is 5.04. The van der Waals surface area contributed by atoms with E-state index in [0.717, 1.165) is 30.5 Å². The lowest BCUT2D eigenvalue weighted by atomic mass is 9.95. The largest absolute Gasteiger partial charge is 0.416 e. The maximum Gasteiger partial charge on any atom is 0.416 e. The monoisotopic (exact) mass is 513 g/mol. The van der Waals surface area contributed by atoms with Gasteiger partial charge in [0.1, 0.15) is 17.3 Å². The molecule has 2 unspecified atom stereocenters. The Morgan fingerprint density at radius 2 is 1.76 bits per heavy atom. The second kappa shape index (κ2) is 10.5. The van der Waals surface area contributed by atoms with Crippen LogP contribution in [0.2, 0.25) is 0 Å². The smallest absolute Gasteiger partial charge is 0.349 e. The van der Waals surface area contributed by atoms with Crippen molar-refractivity contribution in [1.29, 1.82) is 5.26 Å². The lowest BCUT2D eigenvalue weighted by Crippen LogP contribution is -2.60. The third-order valence-electron chi connectivity index (χ3n) is 7.25. The van der Waals surface area contributed by atoms with Crippen molar-refractivity contribution >= 4 is 16.9 Å². The Morgan fingerprint density at radius 1 is 1.08 bits per heavy atom. The van der Waals surface area contributed by atoms with Crippen molar-refractivity contribution in [2.75, 3.05) is 24.5 Å². The van der Waals surface area contributed by atoms with E-state index in [2.05, 4.69) is 25.8 Å². The van der Waals surface area contributed by atoms with Gasteiger partial charge in [-0.3, -0.25) is 9.47 Å². The van der Waals surface area contributed by atoms with Gasteiger partial charge in [0.15, 0.2) is 5.82 Å². The highest BCUT2D eigenvalue weighted by molar-refractivity contribution is 5.86. The summed E-state index contributed by atoms with van der Waals surface area (Å²) in [5, 5.41) is 9.40. The molecule has 0 saturated carbocycles. The molecule has 0 radical (unpaired) electrons. The molecule has 0 bridgehead atoms. The fourth-order valence-corrected chi connectivity index (χ4v) is 5.15. The first-order valence-corrected chi connectivity index (χ1v) is 12.3. The van der Waals surface area contributed by atoms with Gasteiger partial charge in [0.05, 0.1) is 11.1 Å². The van der Waals surface area contributed by atoms with Crippen molar-refractivity contribution < 1.29 is 13.2 Å². The predicted molar refractivity (Wildman–Crippen MR) is 135 cm³/mol. The van der Waals surface area contributed by atoms with Gasteiger partial charge in [-0.1, -0.05) is 26.0 Å². The van der Waals surface area contributed by atoms with Crippen LogP contribution in [0, 0.1) is 11.3 Å². The number of piperazine rings is 1. The molecule has 3 heterocycles. The van der Waals surface area contributed by atoms with Gasteiger partial charge in [-0.2, -0.15) is 23.4 Å². The summed E-state index contributed by atoms with van der Waals surface area (Å²) in [6.45, 7) is 5.44. The number of alkyl halides is 3. The molecule has 1 aliphatic rings. The Morgan fingerprint density at radius 3 is 2.32 bits per heavy atom. The summed E-state index contributed by atoms with van der Waals surface area (Å²) >= 11 is 0. The minimum atomic E-state index is -4.40. The van der Waals surface area contributed by atoms with Crippen LogP contribution < -0.4 is 16.3 Å². The maximum absolute atomic E-state index is 13.1. The van der Waals surface area contributed by atoms with E-state index in [1.54, 1.807) is 19.2 Å². The number of benzene rings is 1. The molecule has 1 saturated heterocycles. The molecule has 4 rings (SSSR count). The van der Waals surface area contributed by atoms with E-state index < -0.39 is 17.4 Å². The Labute approximate surface area is 213 Å². The van der Waals surface area contributed by atoms with Crippen molar-refractivity contribution in [3.05, 3.63) is 63.7 Å². The molecule has 3 aromatic rings. The van der Waals surface area contributed by atoms with Crippen molar-refractivity contribution in [1.82, 2.24) is 19.4 Å². The van der Waals surface area contributed by atoms with Crippen molar-refractivity contribution in [2.45, 2.75) is 51.0 Å². The van der Waals surface area contributed by atoms with E-state index >= 15 is 0 Å². The lowest BCUT2D eigenvalue weighted by molar-refractivity contribution is -0.137. The maximum atomic E-state index is 13.1. The van der Waals surface area contributed by atoms with Crippen LogP contribution in [-0.4, -0.2) is 51.2 Å². The first-order chi connectivity index (χ1) is 17.6. The number of nitrogens with two attached hydrogens (primary N) is 1. The topological polar surface area (TPSA) is 104 Å². The minimum Gasteiger partial charge on any atom is -0.349 e. The zero-order valence-corrected chi connectivity index (χ0v) is 21.0. The van der Waals surface area contributed by atoms with E-state index in [0.29, 0.717) is 29.9 Å². The number of rotatable bonds is 6. The zero-order valence-electron chi connectivity index (χ0n) is 21.0. The summed E-state index contributed by atoms with van der Waals surface area (Å²) < 4.78 is 40.7. The Hall–Kier alpha value is -3.49. The van der Waals surface area contributed by atoms with Gasteiger partial charge in [-0.15, -0.1) is 0 Å². The molecule has 0 aliphatic carbocycles. The van der Waals surface area contributed by atoms with Crippen molar-refractivity contribution in [3.8, 4) is 6.07 Å². The fourth-order valence-electron chi connectivity index (χ4n) is 5.15. The standard InChI is InChI=1S/C26H30F3N7O/c1-4-19-15-36(24-23-21(34(3)25(37)33-24)11-10-18(12-30)32-23)20(5-2)14-35(19)22(13-31)16-6-8-17(9-7-16)26(27,28)29/h6-11,19-20,22H,4-5,13-15,31H2,1-3H3/t19-,20?,22?/m1/s1. The van der Waals surface area contributed by atoms with Gasteiger partial charge in [0.2, 0.25) is 0 Å². The van der Waals surface area contributed by atoms with E-state index in [9.17, 15) is 23.2 Å². The molecule has 1 aromatic carbocycles. The molecular formula is C26H30F3N7O. The molecule has 196 valence electrons. The van der Waals surface area contributed by atoms with Crippen molar-refractivity contribution in [3.63, 3.8) is 0 Å². The van der Waals surface area contributed by atoms with Gasteiger partial charge in [-0.25, -0.2) is 9.78 Å². The number of pyridine rings is 1. The van der Waals surface area contributed by atoms with Gasteiger partial charge >= 0.3 is 11.9 Å². The van der Waals surface area contributed by atoms with Gasteiger partial charge in [0.25, 0.3) is 0 Å². The average molecular weight is 514 g/mol. The van der Waals surface area contributed by atoms with Gasteiger partial charge < -0.3 is 10.6 Å². The van der Waals surface area contributed by atoms with E-state index in [-0.39, 0.29) is 30.4 Å². The van der Waals surface area contributed by atoms with Gasteiger partial charge in [0, 0.05) is 44.8 Å². The molecular weight excluding hydrogens is 483 g/mol. The molecule has 2 aromatic heterocycles. The summed E-state index contributed by atoms with van der Waals surface area (Å²) in [6.07, 6.45) is -2.92. The second-order valence-corrected chi connectivity index (χ2v) is 9.30. The van der Waals surface area contributed by atoms with Crippen LogP contribution in [-0.2, 0) is 13.2 Å². The fraction of sp³-hybridized carbons (Fsp3) is 0.462. The molecule has 0 amide bonds. The van der Waals surface area contributed by atoms with Crippen LogP contribution in [0.1, 0.15) is 49.6 Å². The third-order valence-corrected chi connectivity index (χ3v) is 7.25. The number of hydrogen-bond donors (Lipinski definition) is 1. The normalized spacial score (nSPS) is 19.7. The first kappa shape index (κ1) is 26.6.